The monoisotopic (exact) mass is 339 g/mol. The van der Waals surface area contributed by atoms with Gasteiger partial charge in [-0.05, 0) is 58.0 Å². The second kappa shape index (κ2) is 9.87. The topological polar surface area (TPSA) is 61.9 Å². The van der Waals surface area contributed by atoms with E-state index in [1.807, 2.05) is 11.8 Å². The molecule has 1 unspecified atom stereocenters. The van der Waals surface area contributed by atoms with E-state index in [0.29, 0.717) is 32.5 Å². The molecule has 2 rings (SSSR count). The Balaban J connectivity index is 1.57. The molecule has 24 heavy (non-hydrogen) atoms. The van der Waals surface area contributed by atoms with Crippen LogP contribution in [0.4, 0.5) is 4.79 Å². The fraction of sp³-hybridized carbons (Fsp3) is 0.889. The Morgan fingerprint density at radius 1 is 1.17 bits per heavy atom. The summed E-state index contributed by atoms with van der Waals surface area (Å²) in [5.74, 6) is 0.637. The zero-order valence-corrected chi connectivity index (χ0v) is 15.3. The van der Waals surface area contributed by atoms with Crippen LogP contribution in [0, 0.1) is 11.8 Å². The third-order valence-electron chi connectivity index (χ3n) is 5.07. The van der Waals surface area contributed by atoms with Crippen molar-refractivity contribution >= 4 is 12.0 Å². The first-order valence-electron chi connectivity index (χ1n) is 9.52. The Morgan fingerprint density at radius 3 is 2.58 bits per heavy atom. The van der Waals surface area contributed by atoms with E-state index in [9.17, 15) is 9.59 Å². The maximum Gasteiger partial charge on any atom is 0.317 e. The van der Waals surface area contributed by atoms with Crippen molar-refractivity contribution in [1.82, 2.24) is 15.1 Å². The van der Waals surface area contributed by atoms with E-state index in [-0.39, 0.29) is 17.9 Å². The third-order valence-corrected chi connectivity index (χ3v) is 5.07. The van der Waals surface area contributed by atoms with Gasteiger partial charge >= 0.3 is 12.0 Å². The van der Waals surface area contributed by atoms with E-state index in [0.717, 1.165) is 25.4 Å². The van der Waals surface area contributed by atoms with Crippen molar-refractivity contribution < 1.29 is 14.3 Å². The number of nitrogens with zero attached hydrogens (tertiary/aromatic N) is 2. The number of urea groups is 1. The van der Waals surface area contributed by atoms with E-state index < -0.39 is 0 Å². The summed E-state index contributed by atoms with van der Waals surface area (Å²) in [4.78, 5) is 28.2. The highest BCUT2D eigenvalue weighted by atomic mass is 16.5. The first-order chi connectivity index (χ1) is 11.6. The summed E-state index contributed by atoms with van der Waals surface area (Å²) in [6.45, 7) is 10.0. The number of hydrogen-bond acceptors (Lipinski definition) is 4. The number of ether oxygens (including phenoxy) is 1. The van der Waals surface area contributed by atoms with E-state index >= 15 is 0 Å². The molecule has 6 nitrogen and oxygen atoms in total. The van der Waals surface area contributed by atoms with Crippen LogP contribution in [0.1, 0.15) is 46.0 Å². The van der Waals surface area contributed by atoms with E-state index in [1.54, 1.807) is 0 Å². The molecule has 138 valence electrons. The standard InChI is InChI=1S/C18H33N3O3/c1-3-24-17(22)16-7-12-21(13-8-16)18(23)19-9-5-11-20-10-4-6-15(2)14-20/h15-16H,3-14H2,1-2H3,(H,19,23). The number of hydrogen-bond donors (Lipinski definition) is 1. The Morgan fingerprint density at radius 2 is 1.92 bits per heavy atom. The lowest BCUT2D eigenvalue weighted by Gasteiger charge is -2.32. The highest BCUT2D eigenvalue weighted by Gasteiger charge is 2.28. The van der Waals surface area contributed by atoms with E-state index in [1.165, 1.54) is 25.9 Å². The Kier molecular flexibility index (Phi) is 7.82. The third kappa shape index (κ3) is 5.96. The largest absolute Gasteiger partial charge is 0.466 e. The lowest BCUT2D eigenvalue weighted by atomic mass is 9.97. The number of piperidine rings is 2. The molecule has 0 saturated carbocycles. The van der Waals surface area contributed by atoms with Crippen LogP contribution in [-0.4, -0.2) is 67.7 Å². The van der Waals surface area contributed by atoms with Crippen molar-refractivity contribution in [3.05, 3.63) is 0 Å². The number of esters is 1. The molecule has 2 aliphatic rings. The molecule has 2 amide bonds. The molecule has 0 aromatic carbocycles. The highest BCUT2D eigenvalue weighted by molar-refractivity contribution is 5.76. The van der Waals surface area contributed by atoms with Crippen molar-refractivity contribution in [3.63, 3.8) is 0 Å². The Labute approximate surface area is 145 Å². The van der Waals surface area contributed by atoms with Gasteiger partial charge in [0.05, 0.1) is 12.5 Å². The Bertz CT molecular complexity index is 408. The van der Waals surface area contributed by atoms with Gasteiger partial charge in [0.15, 0.2) is 0 Å². The maximum absolute atomic E-state index is 12.2. The minimum atomic E-state index is -0.117. The molecule has 2 aliphatic heterocycles. The van der Waals surface area contributed by atoms with Gasteiger partial charge in [-0.15, -0.1) is 0 Å². The fourth-order valence-electron chi connectivity index (χ4n) is 3.68. The summed E-state index contributed by atoms with van der Waals surface area (Å²) >= 11 is 0. The second-order valence-corrected chi connectivity index (χ2v) is 7.15. The quantitative estimate of drug-likeness (QED) is 0.595. The van der Waals surface area contributed by atoms with Gasteiger partial charge in [0.25, 0.3) is 0 Å². The molecule has 1 atom stereocenters. The molecular formula is C18H33N3O3. The number of amides is 2. The predicted octanol–water partition coefficient (Wildman–Crippen LogP) is 2.09. The zero-order valence-electron chi connectivity index (χ0n) is 15.3. The zero-order chi connectivity index (χ0) is 17.4. The number of carbonyl (C=O) groups excluding carboxylic acids is 2. The van der Waals surface area contributed by atoms with Crippen LogP contribution < -0.4 is 5.32 Å². The van der Waals surface area contributed by atoms with Crippen molar-refractivity contribution in [2.45, 2.75) is 46.0 Å². The maximum atomic E-state index is 12.2. The number of nitrogens with one attached hydrogen (secondary N) is 1. The smallest absolute Gasteiger partial charge is 0.317 e. The van der Waals surface area contributed by atoms with Gasteiger partial charge in [-0.3, -0.25) is 4.79 Å². The van der Waals surface area contributed by atoms with Gasteiger partial charge in [-0.2, -0.15) is 0 Å². The second-order valence-electron chi connectivity index (χ2n) is 7.15. The van der Waals surface area contributed by atoms with E-state index in [2.05, 4.69) is 17.1 Å². The van der Waals surface area contributed by atoms with Crippen LogP contribution in [0.2, 0.25) is 0 Å². The minimum Gasteiger partial charge on any atom is -0.466 e. The first-order valence-corrected chi connectivity index (χ1v) is 9.52. The average Bonchev–Trinajstić information content (AvgIpc) is 2.59. The van der Waals surface area contributed by atoms with Gasteiger partial charge in [-0.1, -0.05) is 6.92 Å². The summed E-state index contributed by atoms with van der Waals surface area (Å²) in [6, 6.07) is 0.00400. The first kappa shape index (κ1) is 19.0. The molecular weight excluding hydrogens is 306 g/mol. The lowest BCUT2D eigenvalue weighted by Crippen LogP contribution is -2.46. The van der Waals surface area contributed by atoms with Gasteiger partial charge in [0.1, 0.15) is 0 Å². The van der Waals surface area contributed by atoms with Crippen molar-refractivity contribution in [1.29, 1.82) is 0 Å². The minimum absolute atomic E-state index is 0.00400. The van der Waals surface area contributed by atoms with Crippen molar-refractivity contribution in [3.8, 4) is 0 Å². The number of rotatable bonds is 6. The van der Waals surface area contributed by atoms with Crippen LogP contribution in [0.25, 0.3) is 0 Å². The summed E-state index contributed by atoms with van der Waals surface area (Å²) < 4.78 is 5.06. The van der Waals surface area contributed by atoms with Gasteiger partial charge in [0, 0.05) is 26.2 Å². The molecule has 2 fully saturated rings. The SMILES string of the molecule is CCOC(=O)C1CCN(C(=O)NCCCN2CCCC(C)C2)CC1. The fourth-order valence-corrected chi connectivity index (χ4v) is 3.68. The van der Waals surface area contributed by atoms with E-state index in [4.69, 9.17) is 4.74 Å². The number of carbonyl (C=O) groups is 2. The molecule has 0 aromatic heterocycles. The summed E-state index contributed by atoms with van der Waals surface area (Å²) in [7, 11) is 0. The van der Waals surface area contributed by atoms with Crippen LogP contribution >= 0.6 is 0 Å². The predicted molar refractivity (Wildman–Crippen MR) is 93.8 cm³/mol. The number of likely N-dealkylation sites (tertiary alicyclic amines) is 2. The van der Waals surface area contributed by atoms with Crippen LogP contribution in [-0.2, 0) is 9.53 Å². The van der Waals surface area contributed by atoms with Crippen LogP contribution in [0.3, 0.4) is 0 Å². The molecule has 1 N–H and O–H groups in total. The molecule has 0 bridgehead atoms. The summed E-state index contributed by atoms with van der Waals surface area (Å²) in [6.07, 6.45) is 5.05. The summed E-state index contributed by atoms with van der Waals surface area (Å²) in [5.41, 5.74) is 0. The molecule has 0 aromatic rings. The highest BCUT2D eigenvalue weighted by Crippen LogP contribution is 2.18. The Hall–Kier alpha value is -1.30. The average molecular weight is 339 g/mol. The molecule has 0 aliphatic carbocycles. The van der Waals surface area contributed by atoms with Crippen molar-refractivity contribution in [2.24, 2.45) is 11.8 Å². The lowest BCUT2D eigenvalue weighted by molar-refractivity contribution is -0.149. The van der Waals surface area contributed by atoms with Gasteiger partial charge < -0.3 is 19.9 Å². The summed E-state index contributed by atoms with van der Waals surface area (Å²) in [5, 5.41) is 3.02. The van der Waals surface area contributed by atoms with Crippen LogP contribution in [0.15, 0.2) is 0 Å². The molecule has 2 heterocycles. The van der Waals surface area contributed by atoms with Crippen LogP contribution in [0.5, 0.6) is 0 Å². The van der Waals surface area contributed by atoms with Crippen molar-refractivity contribution in [2.75, 3.05) is 45.9 Å². The molecule has 6 heteroatoms. The van der Waals surface area contributed by atoms with Gasteiger partial charge in [0.2, 0.25) is 0 Å². The van der Waals surface area contributed by atoms with Gasteiger partial charge in [-0.25, -0.2) is 4.79 Å². The molecule has 0 radical (unpaired) electrons. The molecule has 0 spiro atoms. The normalized spacial score (nSPS) is 23.1. The molecule has 2 saturated heterocycles.